The number of carbonyl (C=O) groups excluding carboxylic acids is 1. The molecule has 0 saturated carbocycles. The first-order valence-corrected chi connectivity index (χ1v) is 13.9. The maximum Gasteiger partial charge on any atom is 0.185 e. The summed E-state index contributed by atoms with van der Waals surface area (Å²) in [6.07, 6.45) is -5.98. The maximum absolute atomic E-state index is 10.3. The quantitative estimate of drug-likeness (QED) is 0.125. The lowest BCUT2D eigenvalue weighted by Gasteiger charge is -2.42. The molecule has 0 spiro atoms. The molecular weight excluding hydrogens is 600 g/mol. The van der Waals surface area contributed by atoms with E-state index in [0.29, 0.717) is 24.4 Å². The van der Waals surface area contributed by atoms with Crippen molar-refractivity contribution in [3.8, 4) is 0 Å². The lowest BCUT2D eigenvalue weighted by Crippen LogP contribution is -2.62. The van der Waals surface area contributed by atoms with Gasteiger partial charge in [0.15, 0.2) is 12.0 Å². The van der Waals surface area contributed by atoms with Crippen LogP contribution in [-0.4, -0.2) is 127 Å². The molecule has 0 unspecified atom stereocenters. The molecule has 0 amide bonds. The van der Waals surface area contributed by atoms with Crippen LogP contribution in [0.15, 0.2) is 69.5 Å². The molecule has 0 radical (unpaired) electrons. The molecule has 2 aliphatic rings. The number of aliphatic hydroxyl groups is 8. The second kappa shape index (κ2) is 16.4. The van der Waals surface area contributed by atoms with Crippen LogP contribution >= 0.6 is 12.4 Å². The van der Waals surface area contributed by atoms with Gasteiger partial charge in [-0.2, -0.15) is 0 Å². The van der Waals surface area contributed by atoms with Gasteiger partial charge < -0.3 is 55.0 Å². The van der Waals surface area contributed by atoms with Crippen molar-refractivity contribution in [2.45, 2.75) is 55.3 Å². The molecule has 4 aromatic rings. The van der Waals surface area contributed by atoms with E-state index in [1.807, 2.05) is 54.6 Å². The van der Waals surface area contributed by atoms with Crippen LogP contribution in [0.4, 0.5) is 0 Å². The summed E-state index contributed by atoms with van der Waals surface area (Å²) in [5, 5.41) is 79.4. The van der Waals surface area contributed by atoms with Crippen LogP contribution in [0, 0.1) is 0 Å². The summed E-state index contributed by atoms with van der Waals surface area (Å²) in [4.78, 5) is 12.0. The van der Waals surface area contributed by atoms with Crippen LogP contribution in [-0.2, 0) is 6.54 Å². The SMILES string of the molecule is Cl.O=Cc1cc2ccccc2o1.OC[C@@H]1[C@@H](O)[C@H](O)[C@@H](O)CN1Cc1cc2ccccc2o1.OC[C@H]1NC[C@H](O)[C@@H](O)[C@@H]1O. The first-order valence-electron chi connectivity index (χ1n) is 13.9. The number of hydrogen-bond acceptors (Lipinski definition) is 13. The topological polar surface area (TPSA) is 220 Å². The van der Waals surface area contributed by atoms with Crippen molar-refractivity contribution in [2.75, 3.05) is 26.3 Å². The summed E-state index contributed by atoms with van der Waals surface area (Å²) in [7, 11) is 0. The number of hydrogen-bond donors (Lipinski definition) is 9. The third kappa shape index (κ3) is 8.41. The number of fused-ring (bicyclic) bond motifs is 2. The van der Waals surface area contributed by atoms with E-state index in [2.05, 4.69) is 5.32 Å². The molecule has 4 heterocycles. The number of halogens is 1. The number of carbonyl (C=O) groups is 1. The minimum absolute atomic E-state index is 0. The second-order valence-electron chi connectivity index (χ2n) is 10.5. The van der Waals surface area contributed by atoms with Gasteiger partial charge in [-0.15, -0.1) is 12.4 Å². The average Bonchev–Trinajstić information content (AvgIpc) is 3.63. The van der Waals surface area contributed by atoms with Crippen LogP contribution in [0.1, 0.15) is 16.3 Å². The number of nitrogens with one attached hydrogen (secondary N) is 1. The van der Waals surface area contributed by atoms with E-state index in [-0.39, 0.29) is 38.7 Å². The standard InChI is InChI=1S/C15H19NO5.C9H6O2.C6H13NO4.ClH/c17-8-11-14(19)15(20)12(18)7-16(11)6-10-5-9-3-1-2-4-13(9)21-10;10-6-8-5-7-3-1-2-4-9(7)11-8;8-2-3-5(10)6(11)4(9)1-7-3;/h1-5,11-12,14-15,17-20H,6-8H2;1-6H;3-11H,1-2H2;1H/t11-,12+,14-,15-;;3-,4+,5-,6-;/m1.1./s1. The van der Waals surface area contributed by atoms with E-state index in [1.54, 1.807) is 11.0 Å². The van der Waals surface area contributed by atoms with Crippen molar-refractivity contribution in [1.29, 1.82) is 0 Å². The minimum Gasteiger partial charge on any atom is -0.460 e. The van der Waals surface area contributed by atoms with Crippen molar-refractivity contribution in [2.24, 2.45) is 0 Å². The molecule has 13 nitrogen and oxygen atoms in total. The van der Waals surface area contributed by atoms with Crippen molar-refractivity contribution in [3.63, 3.8) is 0 Å². The van der Waals surface area contributed by atoms with Gasteiger partial charge in [0.05, 0.1) is 50.2 Å². The Kier molecular flexibility index (Phi) is 13.3. The van der Waals surface area contributed by atoms with Crippen LogP contribution in [0.3, 0.4) is 0 Å². The van der Waals surface area contributed by atoms with E-state index in [9.17, 15) is 30.3 Å². The zero-order valence-corrected chi connectivity index (χ0v) is 24.5. The molecule has 0 aliphatic carbocycles. The van der Waals surface area contributed by atoms with Gasteiger partial charge in [0.2, 0.25) is 0 Å². The molecule has 9 N–H and O–H groups in total. The molecule has 2 saturated heterocycles. The number of para-hydroxylation sites is 2. The Labute approximate surface area is 259 Å². The Hall–Kier alpha value is -2.92. The van der Waals surface area contributed by atoms with Gasteiger partial charge in [-0.25, -0.2) is 0 Å². The van der Waals surface area contributed by atoms with Gasteiger partial charge in [-0.05, 0) is 24.3 Å². The Bertz CT molecular complexity index is 1380. The molecule has 0 bridgehead atoms. The summed E-state index contributed by atoms with van der Waals surface area (Å²) >= 11 is 0. The minimum atomic E-state index is -1.24. The predicted octanol–water partition coefficient (Wildman–Crippen LogP) is -0.608. The molecule has 8 atom stereocenters. The summed E-state index contributed by atoms with van der Waals surface area (Å²) in [5.41, 5.74) is 1.53. The number of aldehydes is 1. The van der Waals surface area contributed by atoms with Crippen LogP contribution in [0.2, 0.25) is 0 Å². The molecule has 2 aromatic heterocycles. The molecule has 2 fully saturated rings. The summed E-state index contributed by atoms with van der Waals surface area (Å²) in [6, 6.07) is 17.6. The highest BCUT2D eigenvalue weighted by molar-refractivity contribution is 5.85. The van der Waals surface area contributed by atoms with Crippen LogP contribution in [0.5, 0.6) is 0 Å². The summed E-state index contributed by atoms with van der Waals surface area (Å²) < 4.78 is 10.9. The van der Waals surface area contributed by atoms with Gasteiger partial charge in [0.25, 0.3) is 0 Å². The van der Waals surface area contributed by atoms with Crippen LogP contribution in [0.25, 0.3) is 21.9 Å². The lowest BCUT2D eigenvalue weighted by atomic mass is 9.94. The Morgan fingerprint density at radius 2 is 1.36 bits per heavy atom. The largest absolute Gasteiger partial charge is 0.460 e. The second-order valence-corrected chi connectivity index (χ2v) is 10.5. The van der Waals surface area contributed by atoms with Crippen molar-refractivity contribution in [1.82, 2.24) is 10.2 Å². The van der Waals surface area contributed by atoms with Gasteiger partial charge >= 0.3 is 0 Å². The van der Waals surface area contributed by atoms with Crippen molar-refractivity contribution in [3.05, 3.63) is 72.2 Å². The molecule has 2 aromatic carbocycles. The average molecular weight is 639 g/mol. The highest BCUT2D eigenvalue weighted by Gasteiger charge is 2.41. The van der Waals surface area contributed by atoms with E-state index >= 15 is 0 Å². The van der Waals surface area contributed by atoms with Crippen LogP contribution < -0.4 is 5.32 Å². The van der Waals surface area contributed by atoms with Gasteiger partial charge in [-0.3, -0.25) is 9.69 Å². The van der Waals surface area contributed by atoms with E-state index < -0.39 is 48.7 Å². The Morgan fingerprint density at radius 1 is 0.773 bits per heavy atom. The summed E-state index contributed by atoms with van der Waals surface area (Å²) in [5.74, 6) is 1.07. The normalized spacial score (nSPS) is 28.7. The molecule has 242 valence electrons. The Morgan fingerprint density at radius 3 is 1.93 bits per heavy atom. The number of piperidine rings is 2. The first-order chi connectivity index (χ1) is 20.7. The molecular formula is C30H39ClN2O11. The first kappa shape index (κ1) is 35.6. The number of β-amino-alcohol motifs (C(OH)–C–C–N with tert-alkyl or cyclic N) is 2. The fourth-order valence-electron chi connectivity index (χ4n) is 5.09. The maximum atomic E-state index is 10.3. The molecule has 6 rings (SSSR count). The lowest BCUT2D eigenvalue weighted by molar-refractivity contribution is -0.148. The monoisotopic (exact) mass is 638 g/mol. The fraction of sp³-hybridized carbons (Fsp3) is 0.433. The number of likely N-dealkylation sites (tertiary alicyclic amines) is 1. The van der Waals surface area contributed by atoms with Crippen molar-refractivity contribution >= 4 is 40.6 Å². The van der Waals surface area contributed by atoms with Gasteiger partial charge in [0.1, 0.15) is 35.2 Å². The summed E-state index contributed by atoms with van der Waals surface area (Å²) in [6.45, 7) is 0.167. The Balaban J connectivity index is 0.000000195. The number of rotatable bonds is 5. The van der Waals surface area contributed by atoms with E-state index in [0.717, 1.165) is 21.9 Å². The number of benzene rings is 2. The predicted molar refractivity (Wildman–Crippen MR) is 161 cm³/mol. The fourth-order valence-corrected chi connectivity index (χ4v) is 5.09. The smallest absolute Gasteiger partial charge is 0.185 e. The van der Waals surface area contributed by atoms with Gasteiger partial charge in [-0.1, -0.05) is 36.4 Å². The zero-order valence-electron chi connectivity index (χ0n) is 23.7. The van der Waals surface area contributed by atoms with Crippen molar-refractivity contribution < 1.29 is 54.5 Å². The molecule has 14 heteroatoms. The third-order valence-electron chi connectivity index (χ3n) is 7.55. The van der Waals surface area contributed by atoms with E-state index in [1.165, 1.54) is 0 Å². The number of nitrogens with zero attached hydrogens (tertiary/aromatic N) is 1. The number of furan rings is 2. The highest BCUT2D eigenvalue weighted by Crippen LogP contribution is 2.25. The van der Waals surface area contributed by atoms with E-state index in [4.69, 9.17) is 24.2 Å². The third-order valence-corrected chi connectivity index (χ3v) is 7.55. The molecule has 2 aliphatic heterocycles. The zero-order chi connectivity index (χ0) is 31.1. The van der Waals surface area contributed by atoms with Gasteiger partial charge in [0, 0.05) is 23.9 Å². The number of aliphatic hydroxyl groups excluding tert-OH is 8. The highest BCUT2D eigenvalue weighted by atomic mass is 35.5. The molecule has 44 heavy (non-hydrogen) atoms.